The van der Waals surface area contributed by atoms with Crippen LogP contribution in [0.25, 0.3) is 16.8 Å². The number of amides is 3. The Morgan fingerprint density at radius 2 is 1.76 bits per heavy atom. The van der Waals surface area contributed by atoms with Crippen molar-refractivity contribution in [2.45, 2.75) is 20.5 Å². The minimum Gasteiger partial charge on any atom is -0.488 e. The third kappa shape index (κ3) is 3.72. The van der Waals surface area contributed by atoms with Crippen molar-refractivity contribution in [2.75, 3.05) is 6.54 Å². The number of likely N-dealkylation sites (N-methyl/N-ethyl adjacent to an activating group) is 1. The molecule has 0 spiro atoms. The maximum atomic E-state index is 12.5. The van der Waals surface area contributed by atoms with Crippen LogP contribution in [-0.2, 0) is 11.4 Å². The number of rotatable bonds is 5. The highest BCUT2D eigenvalue weighted by molar-refractivity contribution is 6.14. The predicted molar refractivity (Wildman–Crippen MR) is 113 cm³/mol. The van der Waals surface area contributed by atoms with Gasteiger partial charge in [0, 0.05) is 12.1 Å². The van der Waals surface area contributed by atoms with Gasteiger partial charge in [0.2, 0.25) is 0 Å². The molecule has 0 unspecified atom stereocenters. The van der Waals surface area contributed by atoms with Crippen molar-refractivity contribution in [3.63, 3.8) is 0 Å². The number of hydrogen-bond donors (Lipinski definition) is 1. The lowest BCUT2D eigenvalue weighted by Gasteiger charge is -2.13. The lowest BCUT2D eigenvalue weighted by molar-refractivity contribution is -0.122. The molecule has 1 N–H and O–H groups in total. The highest BCUT2D eigenvalue weighted by atomic mass is 16.5. The summed E-state index contributed by atoms with van der Waals surface area (Å²) in [6, 6.07) is 19.6. The molecule has 146 valence electrons. The number of hydrogen-bond acceptors (Lipinski definition) is 3. The van der Waals surface area contributed by atoms with Crippen LogP contribution in [0, 0.1) is 6.92 Å². The molecule has 1 fully saturated rings. The third-order valence-electron chi connectivity index (χ3n) is 5.01. The fourth-order valence-corrected chi connectivity index (χ4v) is 3.40. The van der Waals surface area contributed by atoms with Gasteiger partial charge in [0.05, 0.1) is 0 Å². The average molecular weight is 386 g/mol. The molecule has 0 saturated carbocycles. The van der Waals surface area contributed by atoms with E-state index in [4.69, 9.17) is 4.74 Å². The van der Waals surface area contributed by atoms with Crippen molar-refractivity contribution in [3.8, 4) is 5.75 Å². The van der Waals surface area contributed by atoms with Crippen molar-refractivity contribution in [3.05, 3.63) is 83.1 Å². The monoisotopic (exact) mass is 386 g/mol. The molecule has 0 atom stereocenters. The van der Waals surface area contributed by atoms with E-state index in [0.29, 0.717) is 18.9 Å². The standard InChI is InChI=1S/C24H22N2O3/c1-3-26-23(27)21(25-24(26)28)14-20-19-7-5-4-6-18(19)12-13-22(20)29-15-17-10-8-16(2)9-11-17/h4-14H,3,15H2,1-2H3,(H,25,28)/b21-14+. The van der Waals surface area contributed by atoms with E-state index in [0.717, 1.165) is 21.9 Å². The molecular formula is C24H22N2O3. The molecule has 29 heavy (non-hydrogen) atoms. The van der Waals surface area contributed by atoms with Crippen LogP contribution in [0.2, 0.25) is 0 Å². The second kappa shape index (κ2) is 7.80. The molecule has 0 aromatic heterocycles. The Bertz CT molecular complexity index is 1120. The van der Waals surface area contributed by atoms with Crippen LogP contribution in [0.15, 0.2) is 66.4 Å². The van der Waals surface area contributed by atoms with Crippen LogP contribution in [0.5, 0.6) is 5.75 Å². The number of nitrogens with zero attached hydrogens (tertiary/aromatic N) is 1. The van der Waals surface area contributed by atoms with Crippen molar-refractivity contribution in [2.24, 2.45) is 0 Å². The van der Waals surface area contributed by atoms with E-state index in [9.17, 15) is 9.59 Å². The molecule has 0 radical (unpaired) electrons. The van der Waals surface area contributed by atoms with E-state index >= 15 is 0 Å². The highest BCUT2D eigenvalue weighted by Crippen LogP contribution is 2.31. The summed E-state index contributed by atoms with van der Waals surface area (Å²) in [4.78, 5) is 25.8. The zero-order chi connectivity index (χ0) is 20.4. The molecule has 0 aliphatic carbocycles. The topological polar surface area (TPSA) is 58.6 Å². The van der Waals surface area contributed by atoms with Crippen LogP contribution in [0.1, 0.15) is 23.6 Å². The maximum absolute atomic E-state index is 12.5. The Balaban J connectivity index is 1.73. The van der Waals surface area contributed by atoms with Crippen molar-refractivity contribution >= 4 is 28.8 Å². The number of nitrogens with one attached hydrogen (secondary N) is 1. The summed E-state index contributed by atoms with van der Waals surface area (Å²) in [5, 5.41) is 4.66. The van der Waals surface area contributed by atoms with Gasteiger partial charge in [-0.05, 0) is 42.3 Å². The van der Waals surface area contributed by atoms with Gasteiger partial charge < -0.3 is 10.1 Å². The first kappa shape index (κ1) is 18.7. The predicted octanol–water partition coefficient (Wildman–Crippen LogP) is 4.64. The summed E-state index contributed by atoms with van der Waals surface area (Å²) >= 11 is 0. The normalized spacial score (nSPS) is 15.2. The molecular weight excluding hydrogens is 364 g/mol. The van der Waals surface area contributed by atoms with Gasteiger partial charge in [0.1, 0.15) is 18.1 Å². The van der Waals surface area contributed by atoms with Crippen molar-refractivity contribution < 1.29 is 14.3 Å². The van der Waals surface area contributed by atoms with E-state index in [1.165, 1.54) is 10.5 Å². The Hall–Kier alpha value is -3.60. The zero-order valence-corrected chi connectivity index (χ0v) is 16.4. The van der Waals surface area contributed by atoms with E-state index in [1.54, 1.807) is 13.0 Å². The number of fused-ring (bicyclic) bond motifs is 1. The number of urea groups is 1. The molecule has 3 aromatic rings. The van der Waals surface area contributed by atoms with E-state index in [2.05, 4.69) is 5.32 Å². The van der Waals surface area contributed by atoms with Gasteiger partial charge in [-0.3, -0.25) is 9.69 Å². The zero-order valence-electron chi connectivity index (χ0n) is 16.4. The molecule has 5 heteroatoms. The van der Waals surface area contributed by atoms with Gasteiger partial charge in [0.25, 0.3) is 5.91 Å². The minimum atomic E-state index is -0.397. The summed E-state index contributed by atoms with van der Waals surface area (Å²) in [5.41, 5.74) is 3.29. The van der Waals surface area contributed by atoms with E-state index in [-0.39, 0.29) is 11.6 Å². The fraction of sp³-hybridized carbons (Fsp3) is 0.167. The Kier molecular flexibility index (Phi) is 5.04. The molecule has 3 amide bonds. The van der Waals surface area contributed by atoms with Crippen LogP contribution >= 0.6 is 0 Å². The lowest BCUT2D eigenvalue weighted by Crippen LogP contribution is -2.30. The van der Waals surface area contributed by atoms with Gasteiger partial charge in [0.15, 0.2) is 0 Å². The Morgan fingerprint density at radius 1 is 1.00 bits per heavy atom. The molecule has 1 aliphatic rings. The second-order valence-corrected chi connectivity index (χ2v) is 7.01. The quantitative estimate of drug-likeness (QED) is 0.513. The molecule has 4 rings (SSSR count). The molecule has 5 nitrogen and oxygen atoms in total. The first-order valence-corrected chi connectivity index (χ1v) is 9.61. The number of ether oxygens (including phenoxy) is 1. The van der Waals surface area contributed by atoms with Crippen molar-refractivity contribution in [1.82, 2.24) is 10.2 Å². The average Bonchev–Trinajstić information content (AvgIpc) is 3.01. The largest absolute Gasteiger partial charge is 0.488 e. The molecule has 1 aliphatic heterocycles. The number of carbonyl (C=O) groups is 2. The summed E-state index contributed by atoms with van der Waals surface area (Å²) in [5.74, 6) is 0.337. The van der Waals surface area contributed by atoms with Crippen LogP contribution in [0.4, 0.5) is 4.79 Å². The fourth-order valence-electron chi connectivity index (χ4n) is 3.40. The highest BCUT2D eigenvalue weighted by Gasteiger charge is 2.32. The Labute approximate surface area is 169 Å². The van der Waals surface area contributed by atoms with Crippen LogP contribution < -0.4 is 10.1 Å². The number of benzene rings is 3. The minimum absolute atomic E-state index is 0.258. The van der Waals surface area contributed by atoms with Gasteiger partial charge in [-0.1, -0.05) is 60.2 Å². The lowest BCUT2D eigenvalue weighted by atomic mass is 10.0. The van der Waals surface area contributed by atoms with E-state index in [1.807, 2.05) is 67.6 Å². The van der Waals surface area contributed by atoms with Crippen LogP contribution in [-0.4, -0.2) is 23.4 Å². The summed E-state index contributed by atoms with van der Waals surface area (Å²) in [6.45, 7) is 4.56. The number of aryl methyl sites for hydroxylation is 1. The summed E-state index contributed by atoms with van der Waals surface area (Å²) < 4.78 is 6.11. The maximum Gasteiger partial charge on any atom is 0.328 e. The van der Waals surface area contributed by atoms with Gasteiger partial charge in [-0.2, -0.15) is 0 Å². The van der Waals surface area contributed by atoms with Gasteiger partial charge in [-0.25, -0.2) is 4.79 Å². The molecule has 1 heterocycles. The first-order chi connectivity index (χ1) is 14.1. The number of carbonyl (C=O) groups excluding carboxylic acids is 2. The first-order valence-electron chi connectivity index (χ1n) is 9.61. The van der Waals surface area contributed by atoms with Crippen LogP contribution in [0.3, 0.4) is 0 Å². The van der Waals surface area contributed by atoms with E-state index < -0.39 is 6.03 Å². The SMILES string of the molecule is CCN1C(=O)N/C(=C/c2c(OCc3ccc(C)cc3)ccc3ccccc23)C1=O. The van der Waals surface area contributed by atoms with Crippen molar-refractivity contribution in [1.29, 1.82) is 0 Å². The smallest absolute Gasteiger partial charge is 0.328 e. The van der Waals surface area contributed by atoms with Gasteiger partial charge >= 0.3 is 6.03 Å². The second-order valence-electron chi connectivity index (χ2n) is 7.01. The van der Waals surface area contributed by atoms with Gasteiger partial charge in [-0.15, -0.1) is 0 Å². The Morgan fingerprint density at radius 3 is 2.48 bits per heavy atom. The summed E-state index contributed by atoms with van der Waals surface area (Å²) in [6.07, 6.45) is 1.71. The molecule has 3 aromatic carbocycles. The molecule has 1 saturated heterocycles. The number of imide groups is 1. The molecule has 0 bridgehead atoms. The third-order valence-corrected chi connectivity index (χ3v) is 5.01. The summed E-state index contributed by atoms with van der Waals surface area (Å²) in [7, 11) is 0.